The molecule has 2 aromatic rings. The smallest absolute Gasteiger partial charge is 0.335 e. The van der Waals surface area contributed by atoms with Gasteiger partial charge in [0.2, 0.25) is 0 Å². The van der Waals surface area contributed by atoms with E-state index >= 15 is 0 Å². The molecule has 0 saturated carbocycles. The van der Waals surface area contributed by atoms with Crippen LogP contribution in [0, 0.1) is 0 Å². The number of fused-ring (bicyclic) bond motifs is 1. The molecule has 5 heteroatoms. The highest BCUT2D eigenvalue weighted by Crippen LogP contribution is 2.24. The van der Waals surface area contributed by atoms with E-state index in [4.69, 9.17) is 5.11 Å². The molecule has 1 atom stereocenters. The van der Waals surface area contributed by atoms with Crippen LogP contribution in [0.4, 0.5) is 4.39 Å². The van der Waals surface area contributed by atoms with Gasteiger partial charge in [-0.1, -0.05) is 0 Å². The maximum atomic E-state index is 13.1. The van der Waals surface area contributed by atoms with E-state index < -0.39 is 12.1 Å². The van der Waals surface area contributed by atoms with Crippen molar-refractivity contribution < 1.29 is 14.3 Å². The molecule has 0 spiro atoms. The number of carbonyl (C=O) groups is 1. The molecule has 1 aromatic heterocycles. The van der Waals surface area contributed by atoms with E-state index in [1.807, 2.05) is 0 Å². The summed E-state index contributed by atoms with van der Waals surface area (Å²) >= 11 is 0. The molecule has 4 nitrogen and oxygen atoms in total. The number of benzene rings is 1. The number of aromatic nitrogens is 2. The summed E-state index contributed by atoms with van der Waals surface area (Å²) in [5.74, 6) is -1.02. The zero-order valence-corrected chi connectivity index (χ0v) is 7.99. The maximum Gasteiger partial charge on any atom is 0.335 e. The van der Waals surface area contributed by atoms with Gasteiger partial charge in [-0.2, -0.15) is 5.10 Å². The number of nitrogens with one attached hydrogen (secondary N) is 1. The maximum absolute atomic E-state index is 13.1. The van der Waals surface area contributed by atoms with Gasteiger partial charge in [-0.25, -0.2) is 9.18 Å². The predicted octanol–water partition coefficient (Wildman–Crippen LogP) is 2.29. The van der Waals surface area contributed by atoms with Crippen LogP contribution in [0.3, 0.4) is 0 Å². The van der Waals surface area contributed by atoms with Crippen LogP contribution in [0.5, 0.6) is 0 Å². The summed E-state index contributed by atoms with van der Waals surface area (Å²) in [6.45, 7) is 1.40. The fourth-order valence-electron chi connectivity index (χ4n) is 1.47. The van der Waals surface area contributed by atoms with Crippen molar-refractivity contribution in [3.05, 3.63) is 29.5 Å². The second-order valence-electron chi connectivity index (χ2n) is 3.29. The third-order valence-electron chi connectivity index (χ3n) is 2.23. The van der Waals surface area contributed by atoms with Crippen LogP contribution in [-0.2, 0) is 0 Å². The monoisotopic (exact) mass is 208 g/mol. The lowest BCUT2D eigenvalue weighted by Gasteiger charge is -1.98. The van der Waals surface area contributed by atoms with Gasteiger partial charge >= 0.3 is 5.97 Å². The molecular formula is C10H9FN2O2. The van der Waals surface area contributed by atoms with Crippen molar-refractivity contribution in [3.63, 3.8) is 0 Å². The van der Waals surface area contributed by atoms with Crippen LogP contribution in [0.25, 0.3) is 10.9 Å². The van der Waals surface area contributed by atoms with Crippen LogP contribution >= 0.6 is 0 Å². The number of nitrogens with zero attached hydrogens (tertiary/aromatic N) is 1. The van der Waals surface area contributed by atoms with E-state index in [0.717, 1.165) is 0 Å². The van der Waals surface area contributed by atoms with Gasteiger partial charge in [0.15, 0.2) is 0 Å². The van der Waals surface area contributed by atoms with Crippen LogP contribution in [0.1, 0.15) is 29.1 Å². The molecule has 15 heavy (non-hydrogen) atoms. The molecule has 78 valence electrons. The number of carboxylic acid groups (broad SMARTS) is 1. The molecule has 2 rings (SSSR count). The number of halogens is 1. The summed E-state index contributed by atoms with van der Waals surface area (Å²) in [7, 11) is 0. The third kappa shape index (κ3) is 1.56. The van der Waals surface area contributed by atoms with Gasteiger partial charge in [0.1, 0.15) is 6.17 Å². The molecule has 0 radical (unpaired) electrons. The molecule has 1 aromatic carbocycles. The second-order valence-corrected chi connectivity index (χ2v) is 3.29. The summed E-state index contributed by atoms with van der Waals surface area (Å²) in [4.78, 5) is 10.7. The Kier molecular flexibility index (Phi) is 2.15. The number of aromatic amines is 1. The zero-order valence-electron chi connectivity index (χ0n) is 7.99. The lowest BCUT2D eigenvalue weighted by Crippen LogP contribution is -1.95. The van der Waals surface area contributed by atoms with Gasteiger partial charge in [0, 0.05) is 5.39 Å². The van der Waals surface area contributed by atoms with Crippen molar-refractivity contribution in [1.29, 1.82) is 0 Å². The Morgan fingerprint density at radius 1 is 1.60 bits per heavy atom. The molecule has 0 amide bonds. The number of hydrogen-bond donors (Lipinski definition) is 2. The standard InChI is InChI=1S/C10H9FN2O2/c1-5(11)9-7-3-2-6(10(14)15)4-8(7)12-13-9/h2-5H,1H3,(H,12,13)(H,14,15). The highest BCUT2D eigenvalue weighted by molar-refractivity contribution is 5.93. The molecule has 0 aliphatic rings. The summed E-state index contributed by atoms with van der Waals surface area (Å²) < 4.78 is 13.1. The fraction of sp³-hybridized carbons (Fsp3) is 0.200. The first kappa shape index (κ1) is 9.64. The highest BCUT2D eigenvalue weighted by Gasteiger charge is 2.13. The highest BCUT2D eigenvalue weighted by atomic mass is 19.1. The second kappa shape index (κ2) is 3.34. The average molecular weight is 208 g/mol. The van der Waals surface area contributed by atoms with Gasteiger partial charge in [-0.15, -0.1) is 0 Å². The van der Waals surface area contributed by atoms with Crippen molar-refractivity contribution in [3.8, 4) is 0 Å². The molecule has 0 bridgehead atoms. The molecular weight excluding hydrogens is 199 g/mol. The Morgan fingerprint density at radius 2 is 2.33 bits per heavy atom. The fourth-order valence-corrected chi connectivity index (χ4v) is 1.47. The number of aromatic carboxylic acids is 1. The summed E-state index contributed by atoms with van der Waals surface area (Å²) in [6, 6.07) is 4.42. The van der Waals surface area contributed by atoms with E-state index in [9.17, 15) is 9.18 Å². The topological polar surface area (TPSA) is 66.0 Å². The lowest BCUT2D eigenvalue weighted by atomic mass is 10.1. The normalized spacial score (nSPS) is 12.9. The minimum atomic E-state index is -1.15. The Bertz CT molecular complexity index is 519. The molecule has 0 fully saturated rings. The molecule has 0 aliphatic heterocycles. The van der Waals surface area contributed by atoms with Crippen LogP contribution in [0.2, 0.25) is 0 Å². The zero-order chi connectivity index (χ0) is 11.0. The van der Waals surface area contributed by atoms with Crippen LogP contribution in [0.15, 0.2) is 18.2 Å². The van der Waals surface area contributed by atoms with E-state index in [1.165, 1.54) is 19.1 Å². The SMILES string of the molecule is CC(F)c1[nH]nc2cc(C(=O)O)ccc12. The number of H-pyrrole nitrogens is 1. The van der Waals surface area contributed by atoms with Gasteiger partial charge in [0.25, 0.3) is 0 Å². The van der Waals surface area contributed by atoms with E-state index in [-0.39, 0.29) is 5.56 Å². The summed E-state index contributed by atoms with van der Waals surface area (Å²) in [5, 5.41) is 15.8. The Hall–Kier alpha value is -1.91. The van der Waals surface area contributed by atoms with E-state index in [0.29, 0.717) is 16.6 Å². The van der Waals surface area contributed by atoms with Gasteiger partial charge in [-0.3, -0.25) is 5.10 Å². The van der Waals surface area contributed by atoms with E-state index in [1.54, 1.807) is 6.07 Å². The molecule has 2 N–H and O–H groups in total. The number of carboxylic acids is 1. The molecule has 1 heterocycles. The Labute approximate surface area is 84.7 Å². The van der Waals surface area contributed by atoms with Crippen LogP contribution in [-0.4, -0.2) is 21.3 Å². The number of alkyl halides is 1. The largest absolute Gasteiger partial charge is 0.478 e. The Balaban J connectivity index is 2.61. The molecule has 0 saturated heterocycles. The van der Waals surface area contributed by atoms with Crippen molar-refractivity contribution >= 4 is 16.9 Å². The quantitative estimate of drug-likeness (QED) is 0.795. The minimum Gasteiger partial charge on any atom is -0.478 e. The number of hydrogen-bond acceptors (Lipinski definition) is 2. The lowest BCUT2D eigenvalue weighted by molar-refractivity contribution is 0.0697. The van der Waals surface area contributed by atoms with Crippen molar-refractivity contribution in [2.75, 3.05) is 0 Å². The Morgan fingerprint density at radius 3 is 2.93 bits per heavy atom. The van der Waals surface area contributed by atoms with Crippen molar-refractivity contribution in [2.45, 2.75) is 13.1 Å². The first-order chi connectivity index (χ1) is 7.09. The predicted molar refractivity (Wildman–Crippen MR) is 52.6 cm³/mol. The first-order valence-electron chi connectivity index (χ1n) is 4.45. The summed E-state index contributed by atoms with van der Waals surface area (Å²) in [6.07, 6.45) is -1.15. The van der Waals surface area contributed by atoms with Crippen LogP contribution < -0.4 is 0 Å². The summed E-state index contributed by atoms with van der Waals surface area (Å²) in [5.41, 5.74) is 0.989. The van der Waals surface area contributed by atoms with E-state index in [2.05, 4.69) is 10.2 Å². The van der Waals surface area contributed by atoms with Gasteiger partial charge < -0.3 is 5.11 Å². The average Bonchev–Trinajstić information content (AvgIpc) is 2.59. The van der Waals surface area contributed by atoms with Gasteiger partial charge in [0.05, 0.1) is 16.8 Å². The third-order valence-corrected chi connectivity index (χ3v) is 2.23. The minimum absolute atomic E-state index is 0.145. The molecule has 1 unspecified atom stereocenters. The number of rotatable bonds is 2. The molecule has 0 aliphatic carbocycles. The van der Waals surface area contributed by atoms with Crippen molar-refractivity contribution in [1.82, 2.24) is 10.2 Å². The van der Waals surface area contributed by atoms with Gasteiger partial charge in [-0.05, 0) is 25.1 Å². The van der Waals surface area contributed by atoms with Crippen molar-refractivity contribution in [2.24, 2.45) is 0 Å². The first-order valence-corrected chi connectivity index (χ1v) is 4.45.